The van der Waals surface area contributed by atoms with E-state index in [2.05, 4.69) is 71.5 Å². The van der Waals surface area contributed by atoms with Crippen LogP contribution in [0.5, 0.6) is 0 Å². The van der Waals surface area contributed by atoms with Crippen molar-refractivity contribution in [3.05, 3.63) is 41.5 Å². The van der Waals surface area contributed by atoms with Gasteiger partial charge in [0.25, 0.3) is 0 Å². The van der Waals surface area contributed by atoms with Crippen LogP contribution >= 0.6 is 0 Å². The van der Waals surface area contributed by atoms with Gasteiger partial charge in [0.2, 0.25) is 0 Å². The van der Waals surface area contributed by atoms with Gasteiger partial charge in [0, 0.05) is 0 Å². The third-order valence-electron chi connectivity index (χ3n) is 3.79. The van der Waals surface area contributed by atoms with Crippen molar-refractivity contribution in [3.63, 3.8) is 0 Å². The van der Waals surface area contributed by atoms with E-state index in [9.17, 15) is 0 Å². The molecule has 1 aromatic rings. The Morgan fingerprint density at radius 1 is 1.22 bits per heavy atom. The van der Waals surface area contributed by atoms with E-state index in [1.54, 1.807) is 0 Å². The summed E-state index contributed by atoms with van der Waals surface area (Å²) in [6, 6.07) is 8.67. The Morgan fingerprint density at radius 3 is 2.33 bits per heavy atom. The summed E-state index contributed by atoms with van der Waals surface area (Å²) in [4.78, 5) is 0. The maximum absolute atomic E-state index is 5.94. The Hall–Kier alpha value is 0.214. The number of allylic oxidation sites excluding steroid dienone is 2. The topological polar surface area (TPSA) is 26.0 Å². The normalized spacial score (nSPS) is 21.6. The van der Waals surface area contributed by atoms with E-state index < -0.39 is 0 Å². The summed E-state index contributed by atoms with van der Waals surface area (Å²) in [5.41, 5.74) is 10.2. The molecule has 1 atom stereocenters. The minimum absolute atomic E-state index is 0. The van der Waals surface area contributed by atoms with Crippen molar-refractivity contribution >= 4 is 5.57 Å². The standard InChI is InChI=1S/C14H18N.2ClH.Ti/c1-10-8-13(14(2,3)9-15)12-7-5-4-6-11(10)12;;;/h4-8H,9,15H2,1-3H3;2*1H;/q;;;+2/p-2. The smallest absolute Gasteiger partial charge is 1.00 e. The molecule has 0 amide bonds. The number of hydrogen-bond acceptors (Lipinski definition) is 1. The van der Waals surface area contributed by atoms with E-state index in [1.165, 1.54) is 16.7 Å². The van der Waals surface area contributed by atoms with Crippen LogP contribution in [0.1, 0.15) is 31.9 Å². The van der Waals surface area contributed by atoms with Gasteiger partial charge >= 0.3 is 110 Å². The first-order chi connectivity index (χ1) is 7.42. The van der Waals surface area contributed by atoms with Gasteiger partial charge in [-0.3, -0.25) is 0 Å². The summed E-state index contributed by atoms with van der Waals surface area (Å²) in [5, 5.41) is 0. The second-order valence-corrected chi connectivity index (χ2v) is 6.50. The van der Waals surface area contributed by atoms with Crippen LogP contribution in [0.15, 0.2) is 30.3 Å². The molecule has 0 aliphatic heterocycles. The molecule has 0 bridgehead atoms. The fourth-order valence-corrected chi connectivity index (χ4v) is 3.21. The van der Waals surface area contributed by atoms with Crippen molar-refractivity contribution in [2.45, 2.75) is 24.5 Å². The molecule has 1 nitrogen and oxygen atoms in total. The maximum Gasteiger partial charge on any atom is -1.00 e. The fraction of sp³-hybridized carbons (Fsp3) is 0.429. The largest absolute Gasteiger partial charge is 1.00 e. The van der Waals surface area contributed by atoms with Crippen LogP contribution < -0.4 is 30.5 Å². The first-order valence-corrected chi connectivity index (χ1v) is 6.45. The molecule has 0 radical (unpaired) electrons. The minimum Gasteiger partial charge on any atom is -1.00 e. The minimum atomic E-state index is 0. The predicted molar refractivity (Wildman–Crippen MR) is 64.6 cm³/mol. The Bertz CT molecular complexity index is 457. The van der Waals surface area contributed by atoms with Crippen molar-refractivity contribution in [1.82, 2.24) is 0 Å². The van der Waals surface area contributed by atoms with Crippen LogP contribution in [0.4, 0.5) is 0 Å². The molecular weight excluding hydrogens is 301 g/mol. The number of benzene rings is 1. The van der Waals surface area contributed by atoms with Gasteiger partial charge < -0.3 is 24.8 Å². The van der Waals surface area contributed by atoms with Crippen LogP contribution in [-0.2, 0) is 24.2 Å². The maximum atomic E-state index is 5.94. The molecule has 1 aliphatic rings. The molecule has 4 heteroatoms. The molecule has 0 spiro atoms. The first-order valence-electron chi connectivity index (χ1n) is 5.67. The van der Waals surface area contributed by atoms with Crippen LogP contribution in [0.3, 0.4) is 0 Å². The van der Waals surface area contributed by atoms with Gasteiger partial charge in [-0.25, -0.2) is 0 Å². The summed E-state index contributed by atoms with van der Waals surface area (Å²) in [7, 11) is 0. The van der Waals surface area contributed by atoms with Crippen molar-refractivity contribution in [2.24, 2.45) is 11.1 Å². The summed E-state index contributed by atoms with van der Waals surface area (Å²) < 4.78 is 0.0580. The summed E-state index contributed by atoms with van der Waals surface area (Å²) in [6.45, 7) is 7.38. The number of rotatable bonds is 2. The van der Waals surface area contributed by atoms with E-state index in [0.29, 0.717) is 6.54 Å². The number of hydrogen-bond donors (Lipinski definition) is 1. The monoisotopic (exact) mass is 318 g/mol. The van der Waals surface area contributed by atoms with Crippen LogP contribution in [-0.4, -0.2) is 6.54 Å². The van der Waals surface area contributed by atoms with Crippen LogP contribution in [0.2, 0.25) is 0 Å². The van der Waals surface area contributed by atoms with Gasteiger partial charge in [-0.1, -0.05) is 0 Å². The molecule has 97 valence electrons. The fourth-order valence-electron chi connectivity index (χ4n) is 2.37. The van der Waals surface area contributed by atoms with Crippen molar-refractivity contribution in [2.75, 3.05) is 6.54 Å². The average molecular weight is 319 g/mol. The van der Waals surface area contributed by atoms with E-state index in [4.69, 9.17) is 5.73 Å². The molecule has 0 fully saturated rings. The van der Waals surface area contributed by atoms with Gasteiger partial charge in [-0.05, 0) is 0 Å². The SMILES string of the molecule is CC1=C[C]([Ti+2])(C(C)(C)CN)c2ccccc21.[Cl-].[Cl-]. The van der Waals surface area contributed by atoms with Crippen molar-refractivity contribution in [3.8, 4) is 0 Å². The number of halogens is 2. The molecule has 2 N–H and O–H groups in total. The Balaban J connectivity index is 0.00000144. The Labute approximate surface area is 134 Å². The first kappa shape index (κ1) is 18.2. The predicted octanol–water partition coefficient (Wildman–Crippen LogP) is -3.16. The molecular formula is C14H18Cl2NTi. The summed E-state index contributed by atoms with van der Waals surface area (Å²) in [6.07, 6.45) is 2.38. The van der Waals surface area contributed by atoms with Crippen LogP contribution in [0.25, 0.3) is 5.57 Å². The van der Waals surface area contributed by atoms with Crippen LogP contribution in [0, 0.1) is 5.41 Å². The third-order valence-corrected chi connectivity index (χ3v) is 5.49. The quantitative estimate of drug-likeness (QED) is 0.572. The third kappa shape index (κ3) is 2.57. The van der Waals surface area contributed by atoms with Gasteiger partial charge in [0.1, 0.15) is 0 Å². The Kier molecular flexibility index (Phi) is 6.18. The Morgan fingerprint density at radius 2 is 1.78 bits per heavy atom. The molecule has 2 rings (SSSR count). The summed E-state index contributed by atoms with van der Waals surface area (Å²) >= 11 is 2.30. The number of fused-ring (bicyclic) bond motifs is 1. The van der Waals surface area contributed by atoms with E-state index in [0.717, 1.165) is 0 Å². The number of nitrogens with two attached hydrogens (primary N) is 1. The van der Waals surface area contributed by atoms with Gasteiger partial charge in [0.05, 0.1) is 0 Å². The molecule has 18 heavy (non-hydrogen) atoms. The van der Waals surface area contributed by atoms with Crippen molar-refractivity contribution in [1.29, 1.82) is 0 Å². The van der Waals surface area contributed by atoms with Crippen molar-refractivity contribution < 1.29 is 45.2 Å². The van der Waals surface area contributed by atoms with Gasteiger partial charge in [-0.2, -0.15) is 0 Å². The van der Waals surface area contributed by atoms with E-state index in [1.807, 2.05) is 0 Å². The zero-order chi connectivity index (χ0) is 12.0. The molecule has 0 saturated carbocycles. The molecule has 0 heterocycles. The molecule has 0 aromatic heterocycles. The molecule has 1 unspecified atom stereocenters. The molecule has 0 saturated heterocycles. The second-order valence-electron chi connectivity index (χ2n) is 5.27. The zero-order valence-electron chi connectivity index (χ0n) is 10.9. The zero-order valence-corrected chi connectivity index (χ0v) is 14.0. The molecule has 1 aliphatic carbocycles. The second kappa shape index (κ2) is 6.11. The van der Waals surface area contributed by atoms with E-state index in [-0.39, 0.29) is 33.9 Å². The van der Waals surface area contributed by atoms with Gasteiger partial charge in [-0.15, -0.1) is 0 Å². The average Bonchev–Trinajstić information content (AvgIpc) is 2.54. The summed E-state index contributed by atoms with van der Waals surface area (Å²) in [5.74, 6) is 0. The van der Waals surface area contributed by atoms with E-state index >= 15 is 0 Å². The molecule has 1 aromatic carbocycles. The van der Waals surface area contributed by atoms with Gasteiger partial charge in [0.15, 0.2) is 0 Å².